The predicted molar refractivity (Wildman–Crippen MR) is 134 cm³/mol. The van der Waals surface area contributed by atoms with Gasteiger partial charge in [0.2, 0.25) is 0 Å². The summed E-state index contributed by atoms with van der Waals surface area (Å²) >= 11 is 0. The lowest BCUT2D eigenvalue weighted by molar-refractivity contribution is 0.0423. The zero-order chi connectivity index (χ0) is 25.2. The Balaban J connectivity index is 2.52. The highest BCUT2D eigenvalue weighted by molar-refractivity contribution is 5.46. The van der Waals surface area contributed by atoms with Gasteiger partial charge in [0.15, 0.2) is 0 Å². The van der Waals surface area contributed by atoms with Crippen molar-refractivity contribution >= 4 is 0 Å². The van der Waals surface area contributed by atoms with E-state index in [1.807, 2.05) is 100 Å². The normalized spacial score (nSPS) is 16.5. The van der Waals surface area contributed by atoms with Crippen LogP contribution in [0.4, 0.5) is 0 Å². The molecule has 1 aliphatic carbocycles. The van der Waals surface area contributed by atoms with Crippen molar-refractivity contribution in [2.75, 3.05) is 0 Å². The third-order valence-electron chi connectivity index (χ3n) is 4.50. The molecule has 0 fully saturated rings. The Morgan fingerprint density at radius 1 is 0.788 bits per heavy atom. The second-order valence-electron chi connectivity index (χ2n) is 11.9. The first-order chi connectivity index (χ1) is 14.9. The van der Waals surface area contributed by atoms with Crippen molar-refractivity contribution in [2.45, 2.75) is 118 Å². The van der Waals surface area contributed by atoms with Crippen LogP contribution >= 0.6 is 0 Å². The summed E-state index contributed by atoms with van der Waals surface area (Å²) in [6.07, 6.45) is 2.37. The van der Waals surface area contributed by atoms with Crippen LogP contribution < -0.4 is 9.47 Å². The summed E-state index contributed by atoms with van der Waals surface area (Å²) in [5.74, 6) is 2.84. The first-order valence-corrected chi connectivity index (χ1v) is 11.9. The molecule has 0 heterocycles. The van der Waals surface area contributed by atoms with Gasteiger partial charge in [0.05, 0.1) is 6.10 Å². The third-order valence-corrected chi connectivity index (χ3v) is 4.50. The largest absolute Gasteiger partial charge is 0.492 e. The highest BCUT2D eigenvalue weighted by Gasteiger charge is 2.29. The Kier molecular flexibility index (Phi) is 8.22. The summed E-state index contributed by atoms with van der Waals surface area (Å²) in [7, 11) is 0. The number of ether oxygens (including phenoxy) is 4. The third kappa shape index (κ3) is 8.96. The zero-order valence-electron chi connectivity index (χ0n) is 22.5. The minimum Gasteiger partial charge on any atom is -0.492 e. The molecule has 0 spiro atoms. The molecular weight excluding hydrogens is 416 g/mol. The minimum atomic E-state index is -0.868. The van der Waals surface area contributed by atoms with Crippen molar-refractivity contribution < 1.29 is 24.1 Å². The van der Waals surface area contributed by atoms with E-state index >= 15 is 0 Å². The van der Waals surface area contributed by atoms with Gasteiger partial charge in [-0.1, -0.05) is 0 Å². The molecule has 0 saturated carbocycles. The topological polar surface area (TPSA) is 57.2 Å². The molecule has 1 atom stereocenters. The summed E-state index contributed by atoms with van der Waals surface area (Å²) in [5, 5.41) is 11.5. The van der Waals surface area contributed by atoms with Crippen molar-refractivity contribution in [3.05, 3.63) is 46.9 Å². The van der Waals surface area contributed by atoms with Gasteiger partial charge in [-0.25, -0.2) is 0 Å². The van der Waals surface area contributed by atoms with Gasteiger partial charge in [-0.05, 0) is 94.7 Å². The number of allylic oxidation sites excluding steroid dienone is 2. The first kappa shape index (κ1) is 27.1. The Morgan fingerprint density at radius 2 is 1.36 bits per heavy atom. The lowest BCUT2D eigenvalue weighted by atomic mass is 9.92. The van der Waals surface area contributed by atoms with Crippen LogP contribution in [0.1, 0.15) is 101 Å². The standard InChI is InChI=1S/C28H44O5/c1-18(2)30-23-16-19(31-26(3,4)5)12-14-21(23)25(29)22-15-13-20(32-27(6,7)8)17-24(22)33-28(9,10)11/h13,15-18,25,29H,12,14H2,1-11H3/t25-/m0/s1. The van der Waals surface area contributed by atoms with Crippen LogP contribution in [0.3, 0.4) is 0 Å². The molecule has 2 rings (SSSR count). The number of aliphatic hydroxyl groups is 1. The molecule has 1 N–H and O–H groups in total. The van der Waals surface area contributed by atoms with Gasteiger partial charge in [-0.3, -0.25) is 0 Å². The molecule has 0 amide bonds. The molecule has 1 aliphatic rings. The second-order valence-corrected chi connectivity index (χ2v) is 11.9. The summed E-state index contributed by atoms with van der Waals surface area (Å²) in [6.45, 7) is 22.1. The van der Waals surface area contributed by atoms with Gasteiger partial charge in [-0.2, -0.15) is 0 Å². The molecule has 0 aliphatic heterocycles. The average Bonchev–Trinajstić information content (AvgIpc) is 2.57. The number of hydrogen-bond donors (Lipinski definition) is 1. The van der Waals surface area contributed by atoms with E-state index in [9.17, 15) is 5.11 Å². The van der Waals surface area contributed by atoms with Gasteiger partial charge >= 0.3 is 0 Å². The number of rotatable bonds is 7. The van der Waals surface area contributed by atoms with Crippen LogP contribution in [0.2, 0.25) is 0 Å². The Morgan fingerprint density at radius 3 is 1.88 bits per heavy atom. The number of aliphatic hydroxyl groups excluding tert-OH is 1. The van der Waals surface area contributed by atoms with E-state index in [1.165, 1.54) is 0 Å². The van der Waals surface area contributed by atoms with E-state index in [0.29, 0.717) is 35.7 Å². The molecule has 186 valence electrons. The molecule has 5 nitrogen and oxygen atoms in total. The lowest BCUT2D eigenvalue weighted by Gasteiger charge is -2.31. The molecule has 1 aromatic carbocycles. The molecule has 0 saturated heterocycles. The molecular formula is C28H44O5. The summed E-state index contributed by atoms with van der Waals surface area (Å²) in [4.78, 5) is 0. The SMILES string of the molecule is CC(C)OC1=C([C@H](O)c2ccc(OC(C)(C)C)cc2OC(C)(C)C)CCC(OC(C)(C)C)=C1. The monoisotopic (exact) mass is 460 g/mol. The molecule has 33 heavy (non-hydrogen) atoms. The maximum Gasteiger partial charge on any atom is 0.129 e. The maximum absolute atomic E-state index is 11.5. The molecule has 0 bridgehead atoms. The van der Waals surface area contributed by atoms with Crippen molar-refractivity contribution in [3.63, 3.8) is 0 Å². The molecule has 0 aromatic heterocycles. The summed E-state index contributed by atoms with van der Waals surface area (Å²) < 4.78 is 24.5. The van der Waals surface area contributed by atoms with Gasteiger partial charge in [0.1, 0.15) is 45.9 Å². The quantitative estimate of drug-likeness (QED) is 0.464. The fourth-order valence-electron chi connectivity index (χ4n) is 3.56. The van der Waals surface area contributed by atoms with E-state index < -0.39 is 11.7 Å². The maximum atomic E-state index is 11.5. The zero-order valence-corrected chi connectivity index (χ0v) is 22.5. The van der Waals surface area contributed by atoms with E-state index in [-0.39, 0.29) is 17.3 Å². The summed E-state index contributed by atoms with van der Waals surface area (Å²) in [5.41, 5.74) is 0.465. The van der Waals surface area contributed by atoms with E-state index in [1.54, 1.807) is 0 Å². The fraction of sp³-hybridized carbons (Fsp3) is 0.643. The molecule has 1 aromatic rings. The fourth-order valence-corrected chi connectivity index (χ4v) is 3.56. The van der Waals surface area contributed by atoms with Gasteiger partial charge in [0.25, 0.3) is 0 Å². The minimum absolute atomic E-state index is 0.0275. The van der Waals surface area contributed by atoms with Crippen LogP contribution in [0.15, 0.2) is 41.4 Å². The highest BCUT2D eigenvalue weighted by Crippen LogP contribution is 2.41. The Labute approximate surface area is 200 Å². The van der Waals surface area contributed by atoms with Crippen molar-refractivity contribution in [3.8, 4) is 11.5 Å². The van der Waals surface area contributed by atoms with Crippen LogP contribution in [0, 0.1) is 0 Å². The Bertz CT molecular complexity index is 873. The summed E-state index contributed by atoms with van der Waals surface area (Å²) in [6, 6.07) is 5.64. The van der Waals surface area contributed by atoms with E-state index in [4.69, 9.17) is 18.9 Å². The van der Waals surface area contributed by atoms with Gasteiger partial charge < -0.3 is 24.1 Å². The van der Waals surface area contributed by atoms with E-state index in [0.717, 1.165) is 11.3 Å². The number of benzene rings is 1. The van der Waals surface area contributed by atoms with Crippen LogP contribution in [0.5, 0.6) is 11.5 Å². The van der Waals surface area contributed by atoms with Crippen LogP contribution in [-0.4, -0.2) is 28.0 Å². The molecule has 0 unspecified atom stereocenters. The van der Waals surface area contributed by atoms with Gasteiger partial charge in [-0.15, -0.1) is 0 Å². The lowest BCUT2D eigenvalue weighted by Crippen LogP contribution is -2.25. The smallest absolute Gasteiger partial charge is 0.129 e. The average molecular weight is 461 g/mol. The van der Waals surface area contributed by atoms with Crippen molar-refractivity contribution in [1.82, 2.24) is 0 Å². The van der Waals surface area contributed by atoms with Gasteiger partial charge in [0, 0.05) is 29.7 Å². The van der Waals surface area contributed by atoms with Crippen LogP contribution in [-0.2, 0) is 9.47 Å². The first-order valence-electron chi connectivity index (χ1n) is 11.9. The molecule has 0 radical (unpaired) electrons. The Hall–Kier alpha value is -2.14. The highest BCUT2D eigenvalue weighted by atomic mass is 16.5. The van der Waals surface area contributed by atoms with E-state index in [2.05, 4.69) is 0 Å². The van der Waals surface area contributed by atoms with Crippen molar-refractivity contribution in [1.29, 1.82) is 0 Å². The number of hydrogen-bond acceptors (Lipinski definition) is 5. The van der Waals surface area contributed by atoms with Crippen LogP contribution in [0.25, 0.3) is 0 Å². The predicted octanol–water partition coefficient (Wildman–Crippen LogP) is 7.25. The molecule has 5 heteroatoms. The van der Waals surface area contributed by atoms with Crippen molar-refractivity contribution in [2.24, 2.45) is 0 Å². The second kappa shape index (κ2) is 10.0.